The molecular formula is C21H26N4O5S. The monoisotopic (exact) mass is 446 g/mol. The van der Waals surface area contributed by atoms with E-state index in [2.05, 4.69) is 14.8 Å². The van der Waals surface area contributed by atoms with E-state index in [4.69, 9.17) is 14.2 Å². The number of ether oxygens (including phenoxy) is 3. The predicted octanol–water partition coefficient (Wildman–Crippen LogP) is 2.66. The van der Waals surface area contributed by atoms with Crippen LogP contribution in [0, 0.1) is 0 Å². The van der Waals surface area contributed by atoms with Gasteiger partial charge in [0.15, 0.2) is 0 Å². The third kappa shape index (κ3) is 6.43. The van der Waals surface area contributed by atoms with Crippen LogP contribution in [0.2, 0.25) is 0 Å². The molecule has 0 saturated carbocycles. The number of aromatic nitrogens is 3. The molecular weight excluding hydrogens is 420 g/mol. The van der Waals surface area contributed by atoms with Crippen LogP contribution in [0.15, 0.2) is 48.7 Å². The molecule has 10 heteroatoms. The van der Waals surface area contributed by atoms with Gasteiger partial charge in [0.05, 0.1) is 37.0 Å². The molecule has 0 aliphatic heterocycles. The Kier molecular flexibility index (Phi) is 7.13. The highest BCUT2D eigenvalue weighted by Crippen LogP contribution is 2.29. The lowest BCUT2D eigenvalue weighted by Crippen LogP contribution is -2.26. The van der Waals surface area contributed by atoms with Crippen molar-refractivity contribution < 1.29 is 22.6 Å². The molecule has 0 radical (unpaired) electrons. The highest BCUT2D eigenvalue weighted by molar-refractivity contribution is 7.88. The van der Waals surface area contributed by atoms with Gasteiger partial charge in [-0.3, -0.25) is 0 Å². The van der Waals surface area contributed by atoms with Crippen molar-refractivity contribution in [3.05, 3.63) is 48.7 Å². The summed E-state index contributed by atoms with van der Waals surface area (Å²) in [7, 11) is -1.66. The number of hydrogen-bond acceptors (Lipinski definition) is 7. The van der Waals surface area contributed by atoms with E-state index in [1.807, 2.05) is 50.2 Å². The molecule has 31 heavy (non-hydrogen) atoms. The molecule has 166 valence electrons. The van der Waals surface area contributed by atoms with Crippen molar-refractivity contribution in [2.24, 2.45) is 0 Å². The maximum atomic E-state index is 11.1. The van der Waals surface area contributed by atoms with Crippen LogP contribution in [0.25, 0.3) is 16.9 Å². The summed E-state index contributed by atoms with van der Waals surface area (Å²) in [5.41, 5.74) is 2.50. The topological polar surface area (TPSA) is 105 Å². The summed E-state index contributed by atoms with van der Waals surface area (Å²) in [4.78, 5) is 4.26. The lowest BCUT2D eigenvalue weighted by Gasteiger charge is -2.10. The Morgan fingerprint density at radius 2 is 1.84 bits per heavy atom. The van der Waals surface area contributed by atoms with Gasteiger partial charge in [0.25, 0.3) is 0 Å². The first-order chi connectivity index (χ1) is 14.7. The zero-order valence-corrected chi connectivity index (χ0v) is 18.7. The zero-order valence-electron chi connectivity index (χ0n) is 17.9. The number of methoxy groups -OCH3 is 1. The summed E-state index contributed by atoms with van der Waals surface area (Å²) < 4.78 is 42.9. The van der Waals surface area contributed by atoms with Crippen LogP contribution in [0.4, 0.5) is 0 Å². The molecule has 0 aliphatic carbocycles. The average molecular weight is 447 g/mol. The highest BCUT2D eigenvalue weighted by atomic mass is 32.2. The van der Waals surface area contributed by atoms with Crippen LogP contribution in [-0.2, 0) is 10.0 Å². The van der Waals surface area contributed by atoms with Crippen LogP contribution in [0.3, 0.4) is 0 Å². The Bertz CT molecular complexity index is 1090. The molecule has 0 amide bonds. The van der Waals surface area contributed by atoms with Crippen molar-refractivity contribution in [2.45, 2.75) is 20.0 Å². The molecule has 2 heterocycles. The molecule has 9 nitrogen and oxygen atoms in total. The molecule has 0 spiro atoms. The Morgan fingerprint density at radius 3 is 2.42 bits per heavy atom. The minimum absolute atomic E-state index is 0.0125. The van der Waals surface area contributed by atoms with Crippen molar-refractivity contribution in [3.63, 3.8) is 0 Å². The number of hydrogen-bond donors (Lipinski definition) is 1. The summed E-state index contributed by atoms with van der Waals surface area (Å²) in [5, 5.41) is 4.58. The second-order valence-electron chi connectivity index (χ2n) is 7.04. The Labute approximate surface area is 182 Å². The van der Waals surface area contributed by atoms with Gasteiger partial charge in [-0.05, 0) is 44.2 Å². The van der Waals surface area contributed by atoms with Gasteiger partial charge in [-0.2, -0.15) is 0 Å². The van der Waals surface area contributed by atoms with E-state index in [9.17, 15) is 8.42 Å². The molecule has 0 atom stereocenters. The quantitative estimate of drug-likeness (QED) is 0.477. The molecule has 2 aromatic heterocycles. The van der Waals surface area contributed by atoms with Gasteiger partial charge in [0.2, 0.25) is 21.8 Å². The van der Waals surface area contributed by atoms with Crippen LogP contribution >= 0.6 is 0 Å². The molecule has 3 aromatic rings. The molecule has 0 saturated heterocycles. The number of nitrogens with one attached hydrogen (secondary N) is 1. The van der Waals surface area contributed by atoms with Crippen LogP contribution < -0.4 is 18.9 Å². The largest absolute Gasteiger partial charge is 0.492 e. The highest BCUT2D eigenvalue weighted by Gasteiger charge is 2.14. The van der Waals surface area contributed by atoms with Crippen molar-refractivity contribution in [1.29, 1.82) is 0 Å². The third-order valence-corrected chi connectivity index (χ3v) is 4.83. The number of benzene rings is 1. The normalized spacial score (nSPS) is 11.5. The minimum Gasteiger partial charge on any atom is -0.492 e. The van der Waals surface area contributed by atoms with Gasteiger partial charge >= 0.3 is 0 Å². The second kappa shape index (κ2) is 9.80. The summed E-state index contributed by atoms with van der Waals surface area (Å²) >= 11 is 0. The smallest absolute Gasteiger partial charge is 0.234 e. The Balaban J connectivity index is 1.82. The summed E-state index contributed by atoms with van der Waals surface area (Å²) in [6.45, 7) is 4.32. The maximum absolute atomic E-state index is 11.1. The first-order valence-corrected chi connectivity index (χ1v) is 11.6. The molecule has 1 aromatic carbocycles. The molecule has 3 rings (SSSR count). The van der Waals surface area contributed by atoms with E-state index in [0.29, 0.717) is 17.5 Å². The molecule has 0 unspecified atom stereocenters. The van der Waals surface area contributed by atoms with E-state index in [1.165, 1.54) is 0 Å². The lowest BCUT2D eigenvalue weighted by atomic mass is 10.1. The van der Waals surface area contributed by atoms with E-state index < -0.39 is 10.0 Å². The van der Waals surface area contributed by atoms with Gasteiger partial charge in [0.1, 0.15) is 12.4 Å². The van der Waals surface area contributed by atoms with Gasteiger partial charge in [-0.15, -0.1) is 5.10 Å². The standard InChI is InChI=1S/C21H26N4O5S/c1-15(2)30-21-13-19(25(24-21)17-7-10-20(28-3)22-14-17)16-5-8-18(9-6-16)29-12-11-23-31(4,26)27/h5-10,13-15,23H,11-12H2,1-4H3. The lowest BCUT2D eigenvalue weighted by molar-refractivity contribution is 0.231. The van der Waals surface area contributed by atoms with Gasteiger partial charge in [-0.1, -0.05) is 0 Å². The summed E-state index contributed by atoms with van der Waals surface area (Å²) in [6.07, 6.45) is 2.78. The van der Waals surface area contributed by atoms with Crippen molar-refractivity contribution in [2.75, 3.05) is 26.5 Å². The molecule has 0 aliphatic rings. The van der Waals surface area contributed by atoms with Crippen molar-refractivity contribution in [3.8, 4) is 34.5 Å². The average Bonchev–Trinajstić information content (AvgIpc) is 3.14. The number of sulfonamides is 1. The Hall–Kier alpha value is -3.11. The van der Waals surface area contributed by atoms with E-state index in [-0.39, 0.29) is 19.3 Å². The fraction of sp³-hybridized carbons (Fsp3) is 0.333. The van der Waals surface area contributed by atoms with Crippen LogP contribution in [-0.4, -0.2) is 55.8 Å². The second-order valence-corrected chi connectivity index (χ2v) is 8.88. The minimum atomic E-state index is -3.23. The fourth-order valence-electron chi connectivity index (χ4n) is 2.80. The maximum Gasteiger partial charge on any atom is 0.234 e. The summed E-state index contributed by atoms with van der Waals surface area (Å²) in [6, 6.07) is 13.0. The first kappa shape index (κ1) is 22.6. The fourth-order valence-corrected chi connectivity index (χ4v) is 3.25. The van der Waals surface area contributed by atoms with E-state index in [0.717, 1.165) is 23.2 Å². The SMILES string of the molecule is COc1ccc(-n2nc(OC(C)C)cc2-c2ccc(OCCNS(C)(=O)=O)cc2)cn1. The van der Waals surface area contributed by atoms with Crippen molar-refractivity contribution in [1.82, 2.24) is 19.5 Å². The van der Waals surface area contributed by atoms with Crippen LogP contribution in [0.1, 0.15) is 13.8 Å². The zero-order chi connectivity index (χ0) is 22.4. The first-order valence-electron chi connectivity index (χ1n) is 9.70. The molecule has 0 fully saturated rings. The number of pyridine rings is 1. The van der Waals surface area contributed by atoms with Gasteiger partial charge in [0, 0.05) is 24.2 Å². The Morgan fingerprint density at radius 1 is 1.10 bits per heavy atom. The van der Waals surface area contributed by atoms with Crippen molar-refractivity contribution >= 4 is 10.0 Å². The molecule has 1 N–H and O–H groups in total. The summed E-state index contributed by atoms with van der Waals surface area (Å²) in [5.74, 6) is 1.66. The number of rotatable bonds is 10. The molecule has 0 bridgehead atoms. The number of nitrogens with zero attached hydrogens (tertiary/aromatic N) is 3. The van der Waals surface area contributed by atoms with Gasteiger partial charge < -0.3 is 14.2 Å². The third-order valence-electron chi connectivity index (χ3n) is 4.10. The van der Waals surface area contributed by atoms with Gasteiger partial charge in [-0.25, -0.2) is 22.8 Å². The van der Waals surface area contributed by atoms with E-state index in [1.54, 1.807) is 24.1 Å². The van der Waals surface area contributed by atoms with Crippen LogP contribution in [0.5, 0.6) is 17.5 Å². The van der Waals surface area contributed by atoms with E-state index >= 15 is 0 Å². The predicted molar refractivity (Wildman–Crippen MR) is 117 cm³/mol.